The minimum Gasteiger partial charge on any atom is -0.328 e. The molecule has 0 amide bonds. The molecule has 0 bridgehead atoms. The summed E-state index contributed by atoms with van der Waals surface area (Å²) in [5.74, 6) is 0.671. The average molecular weight is 285 g/mol. The van der Waals surface area contributed by atoms with Gasteiger partial charge in [-0.2, -0.15) is 5.10 Å². The Kier molecular flexibility index (Phi) is 4.87. The smallest absolute Gasteiger partial charge is 0.0863 e. The Morgan fingerprint density at radius 1 is 1.42 bits per heavy atom. The van der Waals surface area contributed by atoms with Crippen LogP contribution in [0.2, 0.25) is 5.02 Å². The Morgan fingerprint density at radius 2 is 2.05 bits per heavy atom. The van der Waals surface area contributed by atoms with Crippen molar-refractivity contribution in [2.75, 3.05) is 13.1 Å². The van der Waals surface area contributed by atoms with Gasteiger partial charge in [-0.1, -0.05) is 18.5 Å². The van der Waals surface area contributed by atoms with Crippen LogP contribution in [0.3, 0.4) is 0 Å². The number of aromatic nitrogens is 2. The van der Waals surface area contributed by atoms with Crippen LogP contribution in [0, 0.1) is 5.92 Å². The number of hydrogen-bond acceptors (Lipinski definition) is 3. The minimum atomic E-state index is 0.314. The third-order valence-electron chi connectivity index (χ3n) is 4.25. The highest BCUT2D eigenvalue weighted by Crippen LogP contribution is 2.25. The van der Waals surface area contributed by atoms with Crippen LogP contribution in [0.1, 0.15) is 38.1 Å². The maximum atomic E-state index is 6.40. The zero-order chi connectivity index (χ0) is 14.0. The average Bonchev–Trinajstić information content (AvgIpc) is 2.67. The molecule has 2 N–H and O–H groups in total. The summed E-state index contributed by atoms with van der Waals surface area (Å²) in [6.07, 6.45) is 3.26. The van der Waals surface area contributed by atoms with Crippen molar-refractivity contribution in [3.63, 3.8) is 0 Å². The van der Waals surface area contributed by atoms with E-state index in [0.717, 1.165) is 42.5 Å². The molecule has 0 aromatic carbocycles. The summed E-state index contributed by atoms with van der Waals surface area (Å²) in [4.78, 5) is 2.46. The van der Waals surface area contributed by atoms with Crippen molar-refractivity contribution in [1.82, 2.24) is 14.7 Å². The molecule has 108 valence electrons. The van der Waals surface area contributed by atoms with Gasteiger partial charge in [0.1, 0.15) is 0 Å². The first-order valence-electron chi connectivity index (χ1n) is 7.21. The molecule has 0 spiro atoms. The molecule has 0 radical (unpaired) electrons. The summed E-state index contributed by atoms with van der Waals surface area (Å²) in [5, 5.41) is 5.32. The van der Waals surface area contributed by atoms with Crippen LogP contribution in [0.5, 0.6) is 0 Å². The molecular weight excluding hydrogens is 260 g/mol. The lowest BCUT2D eigenvalue weighted by Crippen LogP contribution is -2.39. The second-order valence-electron chi connectivity index (χ2n) is 5.66. The van der Waals surface area contributed by atoms with Gasteiger partial charge < -0.3 is 5.73 Å². The lowest BCUT2D eigenvalue weighted by molar-refractivity contribution is 0.162. The Hall–Kier alpha value is -0.580. The van der Waals surface area contributed by atoms with Crippen molar-refractivity contribution in [1.29, 1.82) is 0 Å². The number of nitrogens with two attached hydrogens (primary N) is 1. The first-order valence-corrected chi connectivity index (χ1v) is 7.58. The van der Waals surface area contributed by atoms with Gasteiger partial charge in [-0.15, -0.1) is 0 Å². The Morgan fingerprint density at radius 3 is 2.53 bits per heavy atom. The van der Waals surface area contributed by atoms with Gasteiger partial charge in [0.15, 0.2) is 0 Å². The number of hydrogen-bond donors (Lipinski definition) is 1. The van der Waals surface area contributed by atoms with Crippen molar-refractivity contribution < 1.29 is 0 Å². The number of piperidine rings is 1. The Balaban J connectivity index is 1.98. The summed E-state index contributed by atoms with van der Waals surface area (Å²) in [5.41, 5.74) is 8.12. The summed E-state index contributed by atoms with van der Waals surface area (Å²) in [6.45, 7) is 7.32. The van der Waals surface area contributed by atoms with Crippen LogP contribution >= 0.6 is 11.6 Å². The summed E-state index contributed by atoms with van der Waals surface area (Å²) < 4.78 is 1.93. The van der Waals surface area contributed by atoms with Crippen LogP contribution < -0.4 is 5.73 Å². The van der Waals surface area contributed by atoms with Gasteiger partial charge in [-0.25, -0.2) is 0 Å². The molecule has 0 aliphatic carbocycles. The normalized spacial score (nSPS) is 19.8. The number of nitrogens with zero attached hydrogens (tertiary/aromatic N) is 3. The summed E-state index contributed by atoms with van der Waals surface area (Å²) in [6, 6.07) is 0.314. The lowest BCUT2D eigenvalue weighted by atomic mass is 9.91. The van der Waals surface area contributed by atoms with E-state index in [-0.39, 0.29) is 0 Å². The Labute approximate surface area is 120 Å². The van der Waals surface area contributed by atoms with Gasteiger partial charge in [0.2, 0.25) is 0 Å². The monoisotopic (exact) mass is 284 g/mol. The lowest BCUT2D eigenvalue weighted by Gasteiger charge is -2.33. The number of halogens is 1. The molecule has 2 heterocycles. The third-order valence-corrected chi connectivity index (χ3v) is 4.69. The zero-order valence-electron chi connectivity index (χ0n) is 12.2. The van der Waals surface area contributed by atoms with E-state index in [0.29, 0.717) is 12.0 Å². The van der Waals surface area contributed by atoms with E-state index < -0.39 is 0 Å². The van der Waals surface area contributed by atoms with Gasteiger partial charge in [0.25, 0.3) is 0 Å². The fraction of sp³-hybridized carbons (Fsp3) is 0.786. The largest absolute Gasteiger partial charge is 0.328 e. The molecule has 5 heteroatoms. The van der Waals surface area contributed by atoms with Crippen molar-refractivity contribution in [3.05, 3.63) is 16.4 Å². The predicted molar refractivity (Wildman–Crippen MR) is 79.2 cm³/mol. The van der Waals surface area contributed by atoms with Crippen molar-refractivity contribution in [2.24, 2.45) is 18.7 Å². The number of likely N-dealkylation sites (tertiary alicyclic amines) is 1. The molecular formula is C14H25ClN4. The van der Waals surface area contributed by atoms with Gasteiger partial charge in [-0.05, 0) is 45.2 Å². The molecule has 1 aliphatic heterocycles. The van der Waals surface area contributed by atoms with Crippen LogP contribution in [-0.4, -0.2) is 33.8 Å². The van der Waals surface area contributed by atoms with Crippen molar-refractivity contribution in [3.8, 4) is 0 Å². The molecule has 0 saturated carbocycles. The van der Waals surface area contributed by atoms with Crippen LogP contribution in [0.15, 0.2) is 0 Å². The molecule has 4 nitrogen and oxygen atoms in total. The highest BCUT2D eigenvalue weighted by molar-refractivity contribution is 6.31. The van der Waals surface area contributed by atoms with Gasteiger partial charge >= 0.3 is 0 Å². The van der Waals surface area contributed by atoms with Gasteiger partial charge in [0.05, 0.1) is 16.4 Å². The van der Waals surface area contributed by atoms with E-state index in [1.54, 1.807) is 0 Å². The molecule has 19 heavy (non-hydrogen) atoms. The first kappa shape index (κ1) is 14.8. The van der Waals surface area contributed by atoms with E-state index >= 15 is 0 Å². The van der Waals surface area contributed by atoms with Crippen LogP contribution in [0.4, 0.5) is 0 Å². The fourth-order valence-electron chi connectivity index (χ4n) is 2.84. The molecule has 1 saturated heterocycles. The molecule has 2 rings (SSSR count). The standard InChI is InChI=1S/C14H25ClN4/c1-4-12-14(15)13(18(3)17-12)9-19-7-5-11(6-8-19)10(2)16/h10-11H,4-9,16H2,1-3H3. The van der Waals surface area contributed by atoms with E-state index in [4.69, 9.17) is 17.3 Å². The molecule has 1 aromatic heterocycles. The van der Waals surface area contributed by atoms with E-state index in [1.165, 1.54) is 12.8 Å². The fourth-order valence-corrected chi connectivity index (χ4v) is 3.19. The molecule has 1 atom stereocenters. The second-order valence-corrected chi connectivity index (χ2v) is 6.04. The van der Waals surface area contributed by atoms with E-state index in [2.05, 4.69) is 23.8 Å². The third kappa shape index (κ3) is 3.30. The predicted octanol–water partition coefficient (Wildman–Crippen LogP) is 2.20. The topological polar surface area (TPSA) is 47.1 Å². The quantitative estimate of drug-likeness (QED) is 0.922. The first-order chi connectivity index (χ1) is 9.02. The maximum absolute atomic E-state index is 6.40. The highest BCUT2D eigenvalue weighted by atomic mass is 35.5. The number of rotatable bonds is 4. The highest BCUT2D eigenvalue weighted by Gasteiger charge is 2.23. The van der Waals surface area contributed by atoms with Crippen molar-refractivity contribution in [2.45, 2.75) is 45.7 Å². The van der Waals surface area contributed by atoms with E-state index in [9.17, 15) is 0 Å². The number of aryl methyl sites for hydroxylation is 2. The van der Waals surface area contributed by atoms with E-state index in [1.807, 2.05) is 11.7 Å². The van der Waals surface area contributed by atoms with Crippen LogP contribution in [0.25, 0.3) is 0 Å². The molecule has 1 aromatic rings. The maximum Gasteiger partial charge on any atom is 0.0863 e. The minimum absolute atomic E-state index is 0.314. The summed E-state index contributed by atoms with van der Waals surface area (Å²) in [7, 11) is 1.98. The van der Waals surface area contributed by atoms with Gasteiger partial charge in [0, 0.05) is 19.6 Å². The Bertz CT molecular complexity index is 419. The summed E-state index contributed by atoms with van der Waals surface area (Å²) >= 11 is 6.40. The van der Waals surface area contributed by atoms with Crippen molar-refractivity contribution >= 4 is 11.6 Å². The molecule has 1 fully saturated rings. The van der Waals surface area contributed by atoms with Gasteiger partial charge in [-0.3, -0.25) is 9.58 Å². The second kappa shape index (κ2) is 6.25. The molecule has 1 aliphatic rings. The zero-order valence-corrected chi connectivity index (χ0v) is 13.0. The van der Waals surface area contributed by atoms with Crippen LogP contribution in [-0.2, 0) is 20.0 Å². The molecule has 1 unspecified atom stereocenters. The SMILES string of the molecule is CCc1nn(C)c(CN2CCC(C(C)N)CC2)c1Cl.